The first-order valence-electron chi connectivity index (χ1n) is 8.61. The second-order valence-corrected chi connectivity index (χ2v) is 6.80. The maximum absolute atomic E-state index is 12.3. The van der Waals surface area contributed by atoms with Crippen molar-refractivity contribution in [3.8, 4) is 0 Å². The largest absolute Gasteiger partial charge is 0.340 e. The number of piperazine rings is 1. The molecule has 0 bridgehead atoms. The van der Waals surface area contributed by atoms with E-state index >= 15 is 0 Å². The Bertz CT molecular complexity index is 707. The quantitative estimate of drug-likeness (QED) is 0.848. The first-order chi connectivity index (χ1) is 11.9. The fourth-order valence-corrected chi connectivity index (χ4v) is 2.96. The molecule has 1 aromatic carbocycles. The summed E-state index contributed by atoms with van der Waals surface area (Å²) in [7, 11) is 2.08. The summed E-state index contributed by atoms with van der Waals surface area (Å²) in [5, 5.41) is 5.66. The SMILES string of the molecule is Cc1ccc(NC(=O)C[C@@H]2N=C(N3CCN(C)CC3)NC2=O)cc1C. The van der Waals surface area contributed by atoms with Gasteiger partial charge in [0.05, 0.1) is 6.42 Å². The fraction of sp³-hybridized carbons (Fsp3) is 0.500. The van der Waals surface area contributed by atoms with E-state index in [0.717, 1.165) is 37.4 Å². The number of aliphatic imine (C=N–C) groups is 1. The zero-order chi connectivity index (χ0) is 18.0. The van der Waals surface area contributed by atoms with E-state index in [0.29, 0.717) is 5.96 Å². The fourth-order valence-electron chi connectivity index (χ4n) is 2.96. The summed E-state index contributed by atoms with van der Waals surface area (Å²) in [6.45, 7) is 7.56. The highest BCUT2D eigenvalue weighted by molar-refractivity contribution is 6.07. The van der Waals surface area contributed by atoms with E-state index < -0.39 is 6.04 Å². The van der Waals surface area contributed by atoms with Crippen LogP contribution < -0.4 is 10.6 Å². The number of benzene rings is 1. The normalized spacial score (nSPS) is 21.1. The van der Waals surface area contributed by atoms with Gasteiger partial charge in [-0.3, -0.25) is 14.9 Å². The van der Waals surface area contributed by atoms with Crippen LogP contribution in [-0.2, 0) is 9.59 Å². The minimum absolute atomic E-state index is 0.0516. The van der Waals surface area contributed by atoms with Crippen molar-refractivity contribution < 1.29 is 9.59 Å². The average Bonchev–Trinajstić information content (AvgIpc) is 2.92. The van der Waals surface area contributed by atoms with E-state index in [9.17, 15) is 9.59 Å². The van der Waals surface area contributed by atoms with Crippen LogP contribution in [0.2, 0.25) is 0 Å². The molecule has 1 fully saturated rings. The van der Waals surface area contributed by atoms with Crippen molar-refractivity contribution in [2.45, 2.75) is 26.3 Å². The molecule has 0 unspecified atom stereocenters. The van der Waals surface area contributed by atoms with Crippen LogP contribution >= 0.6 is 0 Å². The number of aryl methyl sites for hydroxylation is 2. The van der Waals surface area contributed by atoms with E-state index in [1.165, 1.54) is 5.56 Å². The molecular formula is C18H25N5O2. The molecule has 3 rings (SSSR count). The zero-order valence-corrected chi connectivity index (χ0v) is 15.0. The van der Waals surface area contributed by atoms with Crippen LogP contribution in [-0.4, -0.2) is 66.8 Å². The Kier molecular flexibility index (Phi) is 5.03. The van der Waals surface area contributed by atoms with Crippen LogP contribution in [0.15, 0.2) is 23.2 Å². The molecule has 2 aliphatic heterocycles. The monoisotopic (exact) mass is 343 g/mol. The summed E-state index contributed by atoms with van der Waals surface area (Å²) in [5.74, 6) is 0.193. The number of nitrogens with one attached hydrogen (secondary N) is 2. The molecular weight excluding hydrogens is 318 g/mol. The van der Waals surface area contributed by atoms with Gasteiger partial charge in [0.2, 0.25) is 11.9 Å². The van der Waals surface area contributed by atoms with Crippen molar-refractivity contribution in [1.29, 1.82) is 0 Å². The lowest BCUT2D eigenvalue weighted by atomic mass is 10.1. The van der Waals surface area contributed by atoms with Crippen LogP contribution in [0.25, 0.3) is 0 Å². The summed E-state index contributed by atoms with van der Waals surface area (Å²) in [6, 6.07) is 5.12. The van der Waals surface area contributed by atoms with E-state index in [4.69, 9.17) is 0 Å². The van der Waals surface area contributed by atoms with E-state index in [-0.39, 0.29) is 18.2 Å². The number of hydrogen-bond donors (Lipinski definition) is 2. The molecule has 2 N–H and O–H groups in total. The van der Waals surface area contributed by atoms with E-state index in [2.05, 4.69) is 32.5 Å². The Balaban J connectivity index is 1.58. The van der Waals surface area contributed by atoms with Crippen molar-refractivity contribution >= 4 is 23.5 Å². The van der Waals surface area contributed by atoms with Crippen molar-refractivity contribution in [3.63, 3.8) is 0 Å². The maximum Gasteiger partial charge on any atom is 0.252 e. The van der Waals surface area contributed by atoms with Gasteiger partial charge in [0.25, 0.3) is 5.91 Å². The Morgan fingerprint density at radius 1 is 1.24 bits per heavy atom. The number of rotatable bonds is 3. The predicted molar refractivity (Wildman–Crippen MR) is 97.6 cm³/mol. The van der Waals surface area contributed by atoms with Gasteiger partial charge in [-0.25, -0.2) is 4.99 Å². The van der Waals surface area contributed by atoms with Gasteiger partial charge in [0, 0.05) is 31.9 Å². The van der Waals surface area contributed by atoms with Crippen molar-refractivity contribution in [3.05, 3.63) is 29.3 Å². The molecule has 25 heavy (non-hydrogen) atoms. The van der Waals surface area contributed by atoms with E-state index in [1.807, 2.05) is 32.0 Å². The lowest BCUT2D eigenvalue weighted by molar-refractivity contribution is -0.124. The molecule has 2 aliphatic rings. The molecule has 0 saturated carbocycles. The zero-order valence-electron chi connectivity index (χ0n) is 15.0. The predicted octanol–water partition coefficient (Wildman–Crippen LogP) is 0.734. The molecule has 0 aromatic heterocycles. The van der Waals surface area contributed by atoms with E-state index in [1.54, 1.807) is 0 Å². The van der Waals surface area contributed by atoms with Gasteiger partial charge in [-0.05, 0) is 44.2 Å². The molecule has 7 heteroatoms. The van der Waals surface area contributed by atoms with Gasteiger partial charge in [-0.1, -0.05) is 6.07 Å². The Morgan fingerprint density at radius 3 is 2.64 bits per heavy atom. The standard InChI is InChI=1S/C18H25N5O2/c1-12-4-5-14(10-13(12)2)19-16(24)11-15-17(25)21-18(20-15)23-8-6-22(3)7-9-23/h4-5,10,15H,6-9,11H2,1-3H3,(H,19,24)(H,20,21,25)/t15-/m0/s1. The molecule has 0 spiro atoms. The molecule has 134 valence electrons. The summed E-state index contributed by atoms with van der Waals surface area (Å²) in [5.41, 5.74) is 3.04. The minimum Gasteiger partial charge on any atom is -0.340 e. The van der Waals surface area contributed by atoms with Gasteiger partial charge >= 0.3 is 0 Å². The third-order valence-electron chi connectivity index (χ3n) is 4.79. The maximum atomic E-state index is 12.3. The molecule has 1 saturated heterocycles. The van der Waals surface area contributed by atoms with Crippen LogP contribution in [0.5, 0.6) is 0 Å². The number of nitrogens with zero attached hydrogens (tertiary/aromatic N) is 3. The molecule has 1 atom stereocenters. The summed E-state index contributed by atoms with van der Waals surface area (Å²) in [4.78, 5) is 33.1. The smallest absolute Gasteiger partial charge is 0.252 e. The molecule has 2 amide bonds. The second-order valence-electron chi connectivity index (χ2n) is 6.80. The van der Waals surface area contributed by atoms with Crippen LogP contribution in [0.4, 0.5) is 5.69 Å². The highest BCUT2D eigenvalue weighted by atomic mass is 16.2. The summed E-state index contributed by atoms with van der Waals surface area (Å²) in [6.07, 6.45) is 0.0516. The van der Waals surface area contributed by atoms with Gasteiger partial charge in [0.15, 0.2) is 0 Å². The molecule has 1 aromatic rings. The first kappa shape index (κ1) is 17.4. The number of guanidine groups is 1. The molecule has 7 nitrogen and oxygen atoms in total. The van der Waals surface area contributed by atoms with Crippen molar-refractivity contribution in [2.75, 3.05) is 38.5 Å². The number of likely N-dealkylation sites (N-methyl/N-ethyl adjacent to an activating group) is 1. The van der Waals surface area contributed by atoms with Crippen LogP contribution in [0.3, 0.4) is 0 Å². The minimum atomic E-state index is -0.652. The van der Waals surface area contributed by atoms with Gasteiger partial charge in [-0.2, -0.15) is 0 Å². The summed E-state index contributed by atoms with van der Waals surface area (Å²) >= 11 is 0. The molecule has 2 heterocycles. The van der Waals surface area contributed by atoms with Crippen LogP contribution in [0, 0.1) is 13.8 Å². The Labute approximate surface area is 148 Å². The topological polar surface area (TPSA) is 77.0 Å². The van der Waals surface area contributed by atoms with Gasteiger partial charge in [0.1, 0.15) is 6.04 Å². The third kappa shape index (κ3) is 4.17. The second kappa shape index (κ2) is 7.23. The number of hydrogen-bond acceptors (Lipinski definition) is 5. The Morgan fingerprint density at radius 2 is 1.96 bits per heavy atom. The van der Waals surface area contributed by atoms with Gasteiger partial charge in [-0.15, -0.1) is 0 Å². The average molecular weight is 343 g/mol. The summed E-state index contributed by atoms with van der Waals surface area (Å²) < 4.78 is 0. The van der Waals surface area contributed by atoms with Gasteiger partial charge < -0.3 is 15.1 Å². The number of carbonyl (C=O) groups excluding carboxylic acids is 2. The lowest BCUT2D eigenvalue weighted by Crippen LogP contribution is -2.50. The van der Waals surface area contributed by atoms with Crippen molar-refractivity contribution in [2.24, 2.45) is 4.99 Å². The third-order valence-corrected chi connectivity index (χ3v) is 4.79. The molecule has 0 aliphatic carbocycles. The highest BCUT2D eigenvalue weighted by Gasteiger charge is 2.31. The highest BCUT2D eigenvalue weighted by Crippen LogP contribution is 2.16. The first-order valence-corrected chi connectivity index (χ1v) is 8.61. The lowest BCUT2D eigenvalue weighted by Gasteiger charge is -2.33. The van der Waals surface area contributed by atoms with Crippen LogP contribution in [0.1, 0.15) is 17.5 Å². The number of anilines is 1. The number of amides is 2. The number of carbonyl (C=O) groups is 2. The molecule has 0 radical (unpaired) electrons. The van der Waals surface area contributed by atoms with Crippen molar-refractivity contribution in [1.82, 2.24) is 15.1 Å². The Hall–Kier alpha value is -2.41.